The Bertz CT molecular complexity index is 773. The number of aromatic nitrogens is 2. The maximum atomic E-state index is 11.7. The van der Waals surface area contributed by atoms with Gasteiger partial charge in [0.25, 0.3) is 5.56 Å². The van der Waals surface area contributed by atoms with E-state index >= 15 is 0 Å². The number of hydrogen-bond acceptors (Lipinski definition) is 3. The summed E-state index contributed by atoms with van der Waals surface area (Å²) in [4.78, 5) is 25.0. The molecule has 0 aliphatic heterocycles. The van der Waals surface area contributed by atoms with Crippen LogP contribution in [0.15, 0.2) is 38.5 Å². The lowest BCUT2D eigenvalue weighted by molar-refractivity contribution is 0.886. The normalized spacial score (nSPS) is 10.1. The number of hydrogen-bond donors (Lipinski definition) is 1. The fourth-order valence-corrected chi connectivity index (χ4v) is 2.28. The zero-order valence-corrected chi connectivity index (χ0v) is 11.1. The molecule has 0 aliphatic rings. The van der Waals surface area contributed by atoms with Crippen molar-refractivity contribution >= 4 is 27.5 Å². The van der Waals surface area contributed by atoms with Crippen LogP contribution in [0.25, 0.3) is 5.69 Å². The van der Waals surface area contributed by atoms with Crippen LogP contribution in [0.2, 0.25) is 5.02 Å². The van der Waals surface area contributed by atoms with Gasteiger partial charge in [0.2, 0.25) is 0 Å². The van der Waals surface area contributed by atoms with Gasteiger partial charge in [0.05, 0.1) is 5.69 Å². The summed E-state index contributed by atoms with van der Waals surface area (Å²) in [6.45, 7) is 0. The van der Waals surface area contributed by atoms with Crippen molar-refractivity contribution in [1.82, 2.24) is 9.55 Å². The van der Waals surface area contributed by atoms with Gasteiger partial charge in [-0.2, -0.15) is 5.26 Å². The molecule has 1 N–H and O–H groups in total. The van der Waals surface area contributed by atoms with E-state index in [0.29, 0.717) is 15.2 Å². The minimum absolute atomic E-state index is 0.142. The largest absolute Gasteiger partial charge is 0.333 e. The fraction of sp³-hybridized carbons (Fsp3) is 0. The first-order valence-electron chi connectivity index (χ1n) is 4.74. The number of halogens is 2. The zero-order chi connectivity index (χ0) is 13.3. The number of H-pyrrole nitrogens is 1. The highest BCUT2D eigenvalue weighted by Crippen LogP contribution is 2.23. The van der Waals surface area contributed by atoms with Gasteiger partial charge in [-0.3, -0.25) is 14.3 Å². The average molecular weight is 327 g/mol. The van der Waals surface area contributed by atoms with Crippen molar-refractivity contribution in [2.75, 3.05) is 0 Å². The van der Waals surface area contributed by atoms with Gasteiger partial charge in [-0.15, -0.1) is 0 Å². The molecule has 1 aromatic heterocycles. The van der Waals surface area contributed by atoms with Crippen molar-refractivity contribution in [2.45, 2.75) is 0 Å². The Morgan fingerprint density at radius 1 is 1.39 bits per heavy atom. The molecule has 0 atom stereocenters. The minimum atomic E-state index is -0.705. The molecule has 1 aromatic carbocycles. The van der Waals surface area contributed by atoms with E-state index in [4.69, 9.17) is 16.9 Å². The smallest absolute Gasteiger partial charge is 0.273 e. The zero-order valence-electron chi connectivity index (χ0n) is 8.78. The second-order valence-corrected chi connectivity index (χ2v) is 4.67. The third-order valence-electron chi connectivity index (χ3n) is 2.23. The van der Waals surface area contributed by atoms with Gasteiger partial charge in [0, 0.05) is 15.7 Å². The number of aromatic amines is 1. The molecule has 0 amide bonds. The Labute approximate surface area is 114 Å². The second-order valence-electron chi connectivity index (χ2n) is 3.38. The van der Waals surface area contributed by atoms with E-state index < -0.39 is 11.2 Å². The van der Waals surface area contributed by atoms with Crippen LogP contribution >= 0.6 is 27.5 Å². The Hall–Kier alpha value is -1.84. The molecule has 5 nitrogen and oxygen atoms in total. The molecule has 18 heavy (non-hydrogen) atoms. The standard InChI is InChI=1S/C11H5BrClN3O2/c12-8-3-7(13)1-2-9(8)16-5-6(4-14)10(17)15-11(16)18/h1-3,5H,(H,15,17,18). The number of rotatable bonds is 1. The molecule has 90 valence electrons. The summed E-state index contributed by atoms with van der Waals surface area (Å²) in [6, 6.07) is 6.54. The highest BCUT2D eigenvalue weighted by atomic mass is 79.9. The molecule has 0 saturated heterocycles. The summed E-state index contributed by atoms with van der Waals surface area (Å²) < 4.78 is 1.74. The van der Waals surface area contributed by atoms with E-state index in [2.05, 4.69) is 20.9 Å². The van der Waals surface area contributed by atoms with Gasteiger partial charge < -0.3 is 0 Å². The van der Waals surface area contributed by atoms with Gasteiger partial charge >= 0.3 is 5.69 Å². The van der Waals surface area contributed by atoms with Crippen LogP contribution in [0.5, 0.6) is 0 Å². The summed E-state index contributed by atoms with van der Waals surface area (Å²) in [6.07, 6.45) is 1.19. The minimum Gasteiger partial charge on any atom is -0.273 e. The van der Waals surface area contributed by atoms with Crippen LogP contribution in [0.3, 0.4) is 0 Å². The fourth-order valence-electron chi connectivity index (χ4n) is 1.41. The molecule has 7 heteroatoms. The maximum Gasteiger partial charge on any atom is 0.333 e. The van der Waals surface area contributed by atoms with E-state index in [1.165, 1.54) is 10.8 Å². The van der Waals surface area contributed by atoms with Gasteiger partial charge in [-0.05, 0) is 34.1 Å². The van der Waals surface area contributed by atoms with Gasteiger partial charge in [-0.25, -0.2) is 4.79 Å². The van der Waals surface area contributed by atoms with Crippen LogP contribution in [-0.4, -0.2) is 9.55 Å². The molecule has 2 rings (SSSR count). The number of nitrogens with zero attached hydrogens (tertiary/aromatic N) is 2. The Kier molecular flexibility index (Phi) is 3.36. The monoisotopic (exact) mass is 325 g/mol. The summed E-state index contributed by atoms with van der Waals surface area (Å²) in [5.74, 6) is 0. The van der Waals surface area contributed by atoms with E-state index in [1.807, 2.05) is 0 Å². The Balaban J connectivity index is 2.76. The van der Waals surface area contributed by atoms with Crippen LogP contribution in [0, 0.1) is 11.3 Å². The lowest BCUT2D eigenvalue weighted by Gasteiger charge is -2.07. The molecule has 2 aromatic rings. The lowest BCUT2D eigenvalue weighted by Crippen LogP contribution is -2.30. The second kappa shape index (κ2) is 4.80. The molecule has 0 bridgehead atoms. The summed E-state index contributed by atoms with van der Waals surface area (Å²) in [5, 5.41) is 9.28. The van der Waals surface area contributed by atoms with Crippen molar-refractivity contribution in [3.63, 3.8) is 0 Å². The van der Waals surface area contributed by atoms with Crippen molar-refractivity contribution < 1.29 is 0 Å². The van der Waals surface area contributed by atoms with Gasteiger partial charge in [0.1, 0.15) is 11.6 Å². The predicted molar refractivity (Wildman–Crippen MR) is 70.1 cm³/mol. The summed E-state index contributed by atoms with van der Waals surface area (Å²) in [5.41, 5.74) is -0.987. The SMILES string of the molecule is N#Cc1cn(-c2ccc(Cl)cc2Br)c(=O)[nH]c1=O. The predicted octanol–water partition coefficient (Wildman–Crippen LogP) is 1.81. The van der Waals surface area contributed by atoms with Gasteiger partial charge in [0.15, 0.2) is 0 Å². The first-order chi connectivity index (χ1) is 8.52. The van der Waals surface area contributed by atoms with Gasteiger partial charge in [-0.1, -0.05) is 11.6 Å². The van der Waals surface area contributed by atoms with E-state index in [-0.39, 0.29) is 5.56 Å². The molecule has 0 fully saturated rings. The first kappa shape index (κ1) is 12.6. The van der Waals surface area contributed by atoms with Crippen molar-refractivity contribution in [2.24, 2.45) is 0 Å². The molecular formula is C11H5BrClN3O2. The average Bonchev–Trinajstić information content (AvgIpc) is 2.30. The molecule has 0 spiro atoms. The third-order valence-corrected chi connectivity index (χ3v) is 3.10. The molecule has 0 radical (unpaired) electrons. The Morgan fingerprint density at radius 2 is 2.11 bits per heavy atom. The summed E-state index contributed by atoms with van der Waals surface area (Å²) in [7, 11) is 0. The third kappa shape index (κ3) is 2.23. The Morgan fingerprint density at radius 3 is 2.72 bits per heavy atom. The maximum absolute atomic E-state index is 11.7. The van der Waals surface area contributed by atoms with E-state index in [1.54, 1.807) is 24.3 Å². The molecule has 0 unspecified atom stereocenters. The first-order valence-corrected chi connectivity index (χ1v) is 5.91. The van der Waals surface area contributed by atoms with Crippen molar-refractivity contribution in [3.8, 4) is 11.8 Å². The summed E-state index contributed by atoms with van der Waals surface area (Å²) >= 11 is 9.06. The molecule has 0 aliphatic carbocycles. The van der Waals surface area contributed by atoms with Crippen LogP contribution in [-0.2, 0) is 0 Å². The van der Waals surface area contributed by atoms with Crippen LogP contribution in [0.1, 0.15) is 5.56 Å². The highest BCUT2D eigenvalue weighted by Gasteiger charge is 2.08. The molecular weight excluding hydrogens is 321 g/mol. The number of nitriles is 1. The van der Waals surface area contributed by atoms with E-state index in [0.717, 1.165) is 0 Å². The number of nitrogens with one attached hydrogen (secondary N) is 1. The van der Waals surface area contributed by atoms with Crippen molar-refractivity contribution in [3.05, 3.63) is 60.3 Å². The topological polar surface area (TPSA) is 78.7 Å². The van der Waals surface area contributed by atoms with E-state index in [9.17, 15) is 9.59 Å². The molecule has 1 heterocycles. The van der Waals surface area contributed by atoms with Crippen LogP contribution in [0.4, 0.5) is 0 Å². The highest BCUT2D eigenvalue weighted by molar-refractivity contribution is 9.10. The quantitative estimate of drug-likeness (QED) is 0.868. The van der Waals surface area contributed by atoms with Crippen molar-refractivity contribution in [1.29, 1.82) is 5.26 Å². The lowest BCUT2D eigenvalue weighted by atomic mass is 10.3. The van der Waals surface area contributed by atoms with Crippen LogP contribution < -0.4 is 11.2 Å². The molecule has 0 saturated carbocycles. The number of benzene rings is 1.